The molecule has 1 N–H and O–H groups in total. The number of aromatic nitrogens is 1. The molecule has 0 spiro atoms. The largest absolute Gasteiger partial charge is 0.398 e. The number of rotatable bonds is 5. The molecule has 3 aromatic rings. The molecule has 1 heterocycles. The highest BCUT2D eigenvalue weighted by Crippen LogP contribution is 2.33. The summed E-state index contributed by atoms with van der Waals surface area (Å²) in [4.78, 5) is 17.9. The molecule has 0 unspecified atom stereocenters. The lowest BCUT2D eigenvalue weighted by Gasteiger charge is -2.11. The fourth-order valence-corrected chi connectivity index (χ4v) is 4.08. The third-order valence-electron chi connectivity index (χ3n) is 3.55. The monoisotopic (exact) mass is 408 g/mol. The lowest BCUT2D eigenvalue weighted by Crippen LogP contribution is -2.13. The third-order valence-corrected chi connectivity index (χ3v) is 5.89. The van der Waals surface area contributed by atoms with E-state index in [1.807, 2.05) is 30.3 Å². The third kappa shape index (κ3) is 5.11. The smallest absolute Gasteiger partial charge is 0.320 e. The summed E-state index contributed by atoms with van der Waals surface area (Å²) in [5.41, 5.74) is 1.84. The second-order valence-electron chi connectivity index (χ2n) is 5.65. The summed E-state index contributed by atoms with van der Waals surface area (Å²) in [5.74, 6) is -1.40. The van der Waals surface area contributed by atoms with E-state index >= 15 is 0 Å². The number of nitrogens with zero attached hydrogens (tertiary/aromatic N) is 1. The summed E-state index contributed by atoms with van der Waals surface area (Å²) in [6, 6.07) is 15.9. The van der Waals surface area contributed by atoms with Crippen LogP contribution in [-0.2, 0) is 0 Å². The molecule has 0 saturated heterocycles. The average molecular weight is 408 g/mol. The fraction of sp³-hybridized carbons (Fsp3) is 0.158. The molecule has 3 nitrogen and oxygen atoms in total. The lowest BCUT2D eigenvalue weighted by molar-refractivity contribution is -0.105. The Balaban J connectivity index is 1.80. The Hall–Kier alpha value is -2.32. The van der Waals surface area contributed by atoms with Crippen molar-refractivity contribution in [1.82, 2.24) is 4.98 Å². The second kappa shape index (κ2) is 8.14. The quantitative estimate of drug-likeness (QED) is 0.525. The van der Waals surface area contributed by atoms with Crippen LogP contribution in [0.25, 0.3) is 10.6 Å². The Morgan fingerprint density at radius 1 is 1.11 bits per heavy atom. The number of thioether (sulfide) groups is 1. The van der Waals surface area contributed by atoms with Crippen molar-refractivity contribution in [2.45, 2.75) is 18.0 Å². The van der Waals surface area contributed by atoms with Gasteiger partial charge >= 0.3 is 6.18 Å². The van der Waals surface area contributed by atoms with Gasteiger partial charge in [-0.3, -0.25) is 4.79 Å². The van der Waals surface area contributed by atoms with Gasteiger partial charge in [0.05, 0.1) is 17.1 Å². The van der Waals surface area contributed by atoms with Crippen LogP contribution in [0.5, 0.6) is 0 Å². The van der Waals surface area contributed by atoms with Gasteiger partial charge in [-0.05, 0) is 19.1 Å². The van der Waals surface area contributed by atoms with Gasteiger partial charge in [0.1, 0.15) is 9.88 Å². The highest BCUT2D eigenvalue weighted by molar-refractivity contribution is 7.99. The Bertz CT molecular complexity index is 940. The molecule has 0 aliphatic heterocycles. The van der Waals surface area contributed by atoms with Crippen LogP contribution in [0, 0.1) is 6.92 Å². The summed E-state index contributed by atoms with van der Waals surface area (Å²) in [6.07, 6.45) is -4.28. The first-order valence-electron chi connectivity index (χ1n) is 7.96. The van der Waals surface area contributed by atoms with Crippen LogP contribution < -0.4 is 5.32 Å². The molecule has 1 amide bonds. The fourth-order valence-electron chi connectivity index (χ4n) is 2.35. The molecule has 0 saturated carbocycles. The van der Waals surface area contributed by atoms with Gasteiger partial charge in [0, 0.05) is 10.5 Å². The molecule has 0 atom stereocenters. The predicted octanol–water partition coefficient (Wildman–Crippen LogP) is 6.03. The van der Waals surface area contributed by atoms with Gasteiger partial charge in [-0.25, -0.2) is 4.98 Å². The van der Waals surface area contributed by atoms with Crippen molar-refractivity contribution < 1.29 is 18.0 Å². The van der Waals surface area contributed by atoms with Crippen LogP contribution >= 0.6 is 23.1 Å². The molecule has 0 aliphatic carbocycles. The van der Waals surface area contributed by atoms with E-state index in [4.69, 9.17) is 0 Å². The molecule has 0 radical (unpaired) electrons. The van der Waals surface area contributed by atoms with Crippen molar-refractivity contribution in [3.05, 3.63) is 65.2 Å². The molecule has 3 rings (SSSR count). The number of carbonyl (C=O) groups excluding carboxylic acids is 1. The van der Waals surface area contributed by atoms with E-state index in [9.17, 15) is 18.0 Å². The zero-order valence-corrected chi connectivity index (χ0v) is 15.8. The van der Waals surface area contributed by atoms with E-state index in [0.717, 1.165) is 10.6 Å². The average Bonchev–Trinajstić information content (AvgIpc) is 3.03. The Labute approximate surface area is 162 Å². The van der Waals surface area contributed by atoms with Crippen molar-refractivity contribution >= 4 is 34.7 Å². The Morgan fingerprint density at radius 2 is 1.78 bits per heavy atom. The molecule has 0 fully saturated rings. The van der Waals surface area contributed by atoms with Crippen LogP contribution in [0.4, 0.5) is 18.9 Å². The van der Waals surface area contributed by atoms with Crippen LogP contribution in [0.15, 0.2) is 59.5 Å². The number of halogens is 3. The first-order valence-corrected chi connectivity index (χ1v) is 9.76. The highest BCUT2D eigenvalue weighted by Gasteiger charge is 2.28. The number of aryl methyl sites for hydroxylation is 1. The number of para-hydroxylation sites is 1. The SMILES string of the molecule is Cc1nc(-c2ccccc2)sc1C(=O)Nc1ccccc1SCC(F)(F)F. The predicted molar refractivity (Wildman–Crippen MR) is 103 cm³/mol. The first-order chi connectivity index (χ1) is 12.8. The molecular weight excluding hydrogens is 393 g/mol. The number of nitrogens with one attached hydrogen (secondary N) is 1. The van der Waals surface area contributed by atoms with E-state index in [-0.39, 0.29) is 5.91 Å². The van der Waals surface area contributed by atoms with Crippen LogP contribution in [0.1, 0.15) is 15.4 Å². The number of hydrogen-bond donors (Lipinski definition) is 1. The van der Waals surface area contributed by atoms with Crippen LogP contribution in [0.2, 0.25) is 0 Å². The van der Waals surface area contributed by atoms with Crippen molar-refractivity contribution in [1.29, 1.82) is 0 Å². The molecule has 0 aliphatic rings. The topological polar surface area (TPSA) is 42.0 Å². The summed E-state index contributed by atoms with van der Waals surface area (Å²) in [6.45, 7) is 1.74. The summed E-state index contributed by atoms with van der Waals surface area (Å²) < 4.78 is 37.5. The zero-order valence-electron chi connectivity index (χ0n) is 14.2. The highest BCUT2D eigenvalue weighted by atomic mass is 32.2. The second-order valence-corrected chi connectivity index (χ2v) is 7.67. The van der Waals surface area contributed by atoms with Crippen molar-refractivity contribution in [2.75, 3.05) is 11.1 Å². The van der Waals surface area contributed by atoms with E-state index in [1.54, 1.807) is 31.2 Å². The molecule has 140 valence electrons. The molecule has 1 aromatic heterocycles. The van der Waals surface area contributed by atoms with Crippen molar-refractivity contribution in [3.8, 4) is 10.6 Å². The van der Waals surface area contributed by atoms with Crippen LogP contribution in [0.3, 0.4) is 0 Å². The molecule has 0 bridgehead atoms. The number of anilines is 1. The normalized spacial score (nSPS) is 11.4. The molecule has 2 aromatic carbocycles. The number of amides is 1. The number of carbonyl (C=O) groups is 1. The van der Waals surface area contributed by atoms with Gasteiger partial charge < -0.3 is 5.32 Å². The maximum absolute atomic E-state index is 12.7. The van der Waals surface area contributed by atoms with Gasteiger partial charge in [-0.15, -0.1) is 23.1 Å². The Morgan fingerprint density at radius 3 is 2.48 bits per heavy atom. The molecule has 27 heavy (non-hydrogen) atoms. The minimum absolute atomic E-state index is 0.353. The minimum atomic E-state index is -4.28. The van der Waals surface area contributed by atoms with Gasteiger partial charge in [0.15, 0.2) is 0 Å². The van der Waals surface area contributed by atoms with Gasteiger partial charge in [-0.1, -0.05) is 42.5 Å². The maximum atomic E-state index is 12.7. The van der Waals surface area contributed by atoms with Gasteiger partial charge in [0.2, 0.25) is 0 Å². The molecule has 8 heteroatoms. The summed E-state index contributed by atoms with van der Waals surface area (Å²) in [5, 5.41) is 3.43. The maximum Gasteiger partial charge on any atom is 0.398 e. The van der Waals surface area contributed by atoms with Crippen molar-refractivity contribution in [3.63, 3.8) is 0 Å². The number of benzene rings is 2. The zero-order chi connectivity index (χ0) is 19.4. The lowest BCUT2D eigenvalue weighted by atomic mass is 10.2. The van der Waals surface area contributed by atoms with E-state index in [1.165, 1.54) is 11.3 Å². The van der Waals surface area contributed by atoms with Gasteiger partial charge in [0.25, 0.3) is 5.91 Å². The van der Waals surface area contributed by atoms with E-state index in [0.29, 0.717) is 32.9 Å². The minimum Gasteiger partial charge on any atom is -0.320 e. The standard InChI is InChI=1S/C19H15F3N2OS2/c1-12-16(27-18(23-12)13-7-3-2-4-8-13)17(25)24-14-9-5-6-10-15(14)26-11-19(20,21)22/h2-10H,11H2,1H3,(H,24,25). The summed E-state index contributed by atoms with van der Waals surface area (Å²) >= 11 is 1.90. The first kappa shape index (κ1) is 19.4. The number of alkyl halides is 3. The van der Waals surface area contributed by atoms with E-state index < -0.39 is 11.9 Å². The number of hydrogen-bond acceptors (Lipinski definition) is 4. The van der Waals surface area contributed by atoms with Gasteiger partial charge in [-0.2, -0.15) is 13.2 Å². The van der Waals surface area contributed by atoms with Crippen molar-refractivity contribution in [2.24, 2.45) is 0 Å². The summed E-state index contributed by atoms with van der Waals surface area (Å²) in [7, 11) is 0. The van der Waals surface area contributed by atoms with E-state index in [2.05, 4.69) is 10.3 Å². The Kier molecular flexibility index (Phi) is 5.86. The number of thiazole rings is 1. The molecular formula is C19H15F3N2OS2. The van der Waals surface area contributed by atoms with Crippen LogP contribution in [-0.4, -0.2) is 22.8 Å².